The van der Waals surface area contributed by atoms with Crippen LogP contribution >= 0.6 is 0 Å². The van der Waals surface area contributed by atoms with Crippen molar-refractivity contribution in [1.82, 2.24) is 9.55 Å². The summed E-state index contributed by atoms with van der Waals surface area (Å²) < 4.78 is 8.97. The van der Waals surface area contributed by atoms with Gasteiger partial charge in [0, 0.05) is 61.1 Å². The van der Waals surface area contributed by atoms with Gasteiger partial charge < -0.3 is 19.1 Å². The normalized spacial score (nSPS) is 13.6. The minimum atomic E-state index is -0.154. The Labute approximate surface area is 346 Å². The summed E-state index contributed by atoms with van der Waals surface area (Å²) in [6, 6.07) is 47.8. The maximum absolute atomic E-state index is 6.77. The van der Waals surface area contributed by atoms with Gasteiger partial charge in [-0.3, -0.25) is 0 Å². The van der Waals surface area contributed by atoms with Crippen LogP contribution in [0.3, 0.4) is 0 Å². The number of anilines is 2. The molecule has 1 aliphatic rings. The fourth-order valence-corrected chi connectivity index (χ4v) is 7.24. The third-order valence-corrected chi connectivity index (χ3v) is 10.4. The van der Waals surface area contributed by atoms with E-state index in [2.05, 4.69) is 205 Å². The molecule has 0 amide bonds. The first kappa shape index (κ1) is 39.1. The molecule has 6 heteroatoms. The van der Waals surface area contributed by atoms with Gasteiger partial charge in [0.15, 0.2) is 0 Å². The zero-order valence-corrected chi connectivity index (χ0v) is 36.0. The Kier molecular flexibility index (Phi) is 10.3. The first-order valence-electron chi connectivity index (χ1n) is 19.1. The summed E-state index contributed by atoms with van der Waals surface area (Å²) in [7, 11) is 0. The molecule has 5 aromatic carbocycles. The van der Waals surface area contributed by atoms with E-state index in [9.17, 15) is 0 Å². The van der Waals surface area contributed by atoms with Gasteiger partial charge in [-0.1, -0.05) is 128 Å². The second-order valence-electron chi connectivity index (χ2n) is 17.6. The van der Waals surface area contributed by atoms with Crippen molar-refractivity contribution in [3.63, 3.8) is 0 Å². The molecule has 0 unspecified atom stereocenters. The molecule has 1 aliphatic heterocycles. The molecular formula is C50H49N4OPt-3. The molecule has 5 nitrogen and oxygen atoms in total. The Hall–Kier alpha value is -5.12. The zero-order valence-electron chi connectivity index (χ0n) is 33.7. The third-order valence-electron chi connectivity index (χ3n) is 10.4. The molecule has 0 aliphatic carbocycles. The van der Waals surface area contributed by atoms with E-state index in [0.29, 0.717) is 11.5 Å². The molecule has 8 rings (SSSR count). The topological polar surface area (TPSA) is 33.5 Å². The number of hydrogen-bond donors (Lipinski definition) is 0. The summed E-state index contributed by atoms with van der Waals surface area (Å²) in [5.74, 6) is 2.07. The van der Waals surface area contributed by atoms with Gasteiger partial charge >= 0.3 is 0 Å². The van der Waals surface area contributed by atoms with E-state index in [4.69, 9.17) is 9.72 Å². The largest absolute Gasteiger partial charge is 0.509 e. The van der Waals surface area contributed by atoms with Crippen molar-refractivity contribution in [1.29, 1.82) is 0 Å². The minimum Gasteiger partial charge on any atom is -0.509 e. The molecule has 2 aromatic heterocycles. The summed E-state index contributed by atoms with van der Waals surface area (Å²) in [5, 5.41) is 2.24. The minimum absolute atomic E-state index is 0. The average Bonchev–Trinajstić information content (AvgIpc) is 3.75. The number of nitrogens with zero attached hydrogens (tertiary/aromatic N) is 4. The van der Waals surface area contributed by atoms with Crippen LogP contribution in [-0.4, -0.2) is 9.55 Å². The standard InChI is InChI=1S/C50H49N4O.Pt/c1-48(2,3)36-19-21-38(22-20-36)52-32-46(50(7,8)9)53(33-52)39-27-35(34-15-11-10-12-16-34)28-41(30-39)55-40-23-24-43-42-17-13-14-18-44(42)54(45(43)31-40)47-29-37(25-26-51-47)49(4,5)6;/h10-29,32-33H,1-9H3;/q-3;. The number of fused-ring (bicyclic) bond motifs is 3. The van der Waals surface area contributed by atoms with Crippen molar-refractivity contribution in [2.75, 3.05) is 9.80 Å². The number of hydrogen-bond acceptors (Lipinski definition) is 4. The van der Waals surface area contributed by atoms with Crippen LogP contribution < -0.4 is 14.5 Å². The second-order valence-corrected chi connectivity index (χ2v) is 17.6. The van der Waals surface area contributed by atoms with Crippen molar-refractivity contribution in [2.45, 2.75) is 73.1 Å². The van der Waals surface area contributed by atoms with Crippen LogP contribution in [0.2, 0.25) is 0 Å². The molecule has 0 bridgehead atoms. The Morgan fingerprint density at radius 3 is 2.00 bits per heavy atom. The summed E-state index contributed by atoms with van der Waals surface area (Å²) in [4.78, 5) is 9.31. The third kappa shape index (κ3) is 7.67. The van der Waals surface area contributed by atoms with Gasteiger partial charge in [0.05, 0.1) is 0 Å². The monoisotopic (exact) mass is 916 g/mol. The van der Waals surface area contributed by atoms with Crippen LogP contribution in [0.15, 0.2) is 133 Å². The van der Waals surface area contributed by atoms with Crippen molar-refractivity contribution in [3.8, 4) is 28.4 Å². The van der Waals surface area contributed by atoms with Crippen molar-refractivity contribution in [3.05, 3.63) is 163 Å². The van der Waals surface area contributed by atoms with Gasteiger partial charge in [0.2, 0.25) is 0 Å². The van der Waals surface area contributed by atoms with E-state index >= 15 is 0 Å². The van der Waals surface area contributed by atoms with Gasteiger partial charge in [-0.2, -0.15) is 6.07 Å². The molecule has 0 saturated heterocycles. The van der Waals surface area contributed by atoms with Crippen LogP contribution in [0.1, 0.15) is 73.4 Å². The van der Waals surface area contributed by atoms with Crippen molar-refractivity contribution in [2.24, 2.45) is 5.41 Å². The van der Waals surface area contributed by atoms with E-state index in [1.165, 1.54) is 11.1 Å². The molecule has 0 radical (unpaired) electrons. The molecule has 0 atom stereocenters. The number of aromatic nitrogens is 2. The fraction of sp³-hybridized carbons (Fsp3) is 0.240. The second kappa shape index (κ2) is 14.8. The quantitative estimate of drug-likeness (QED) is 0.156. The van der Waals surface area contributed by atoms with Crippen molar-refractivity contribution >= 4 is 33.2 Å². The van der Waals surface area contributed by atoms with Gasteiger partial charge in [-0.15, -0.1) is 53.6 Å². The van der Waals surface area contributed by atoms with Crippen LogP contribution in [0, 0.1) is 24.2 Å². The number of para-hydroxylation sites is 1. The summed E-state index contributed by atoms with van der Waals surface area (Å²) in [6.45, 7) is 22.3. The Balaban J connectivity index is 0.00000480. The molecule has 0 N–H and O–H groups in total. The molecule has 0 saturated carbocycles. The zero-order chi connectivity index (χ0) is 38.7. The predicted octanol–water partition coefficient (Wildman–Crippen LogP) is 13.2. The molecule has 3 heterocycles. The fourth-order valence-electron chi connectivity index (χ4n) is 7.24. The first-order valence-corrected chi connectivity index (χ1v) is 19.1. The number of ether oxygens (including phenoxy) is 1. The van der Waals surface area contributed by atoms with Gasteiger partial charge in [0.25, 0.3) is 0 Å². The average molecular weight is 917 g/mol. The number of allylic oxidation sites excluding steroid dienone is 1. The predicted molar refractivity (Wildman–Crippen MR) is 229 cm³/mol. The smallest absolute Gasteiger partial charge is 0.135 e. The maximum atomic E-state index is 6.77. The summed E-state index contributed by atoms with van der Waals surface area (Å²) in [6.07, 6.45) is 4.14. The van der Waals surface area contributed by atoms with Crippen LogP contribution in [-0.2, 0) is 31.9 Å². The molecule has 0 fully saturated rings. The van der Waals surface area contributed by atoms with Crippen LogP contribution in [0.5, 0.6) is 11.5 Å². The van der Waals surface area contributed by atoms with Gasteiger partial charge in [-0.05, 0) is 69.4 Å². The van der Waals surface area contributed by atoms with Crippen LogP contribution in [0.4, 0.5) is 11.4 Å². The van der Waals surface area contributed by atoms with E-state index in [0.717, 1.165) is 55.8 Å². The van der Waals surface area contributed by atoms with E-state index in [1.807, 2.05) is 18.3 Å². The number of rotatable bonds is 6. The summed E-state index contributed by atoms with van der Waals surface area (Å²) in [5.41, 5.74) is 9.72. The molecule has 7 aromatic rings. The molecular weight excluding hydrogens is 868 g/mol. The Bertz CT molecular complexity index is 2550. The summed E-state index contributed by atoms with van der Waals surface area (Å²) >= 11 is 0. The molecule has 288 valence electrons. The number of benzene rings is 5. The van der Waals surface area contributed by atoms with Gasteiger partial charge in [-0.25, -0.2) is 4.98 Å². The van der Waals surface area contributed by atoms with E-state index in [1.54, 1.807) is 0 Å². The first-order chi connectivity index (χ1) is 26.1. The maximum Gasteiger partial charge on any atom is 0.135 e. The van der Waals surface area contributed by atoms with Crippen LogP contribution in [0.25, 0.3) is 38.8 Å². The SMILES string of the molecule is CC(C)(C)C1=CN(c2ccc(C(C)(C)C)cc2)[CH-]N1c1[c-]c(Oc2[c-]c3c(cc2)c2ccccc2n3-c2cc(C(C)(C)C)ccn2)cc(-c2ccccc2)c1.[Pt]. The molecule has 0 spiro atoms. The van der Waals surface area contributed by atoms with Gasteiger partial charge in [0.1, 0.15) is 5.82 Å². The Morgan fingerprint density at radius 1 is 0.607 bits per heavy atom. The van der Waals surface area contributed by atoms with Crippen molar-refractivity contribution < 1.29 is 25.8 Å². The molecule has 56 heavy (non-hydrogen) atoms. The number of pyridine rings is 1. The van der Waals surface area contributed by atoms with E-state index in [-0.39, 0.29) is 37.3 Å². The Morgan fingerprint density at radius 2 is 1.30 bits per heavy atom. The van der Waals surface area contributed by atoms with E-state index < -0.39 is 0 Å².